The van der Waals surface area contributed by atoms with Gasteiger partial charge in [-0.15, -0.1) is 19.6 Å². The lowest BCUT2D eigenvalue weighted by Gasteiger charge is -1.93. The topological polar surface area (TPSA) is 115 Å². The van der Waals surface area contributed by atoms with Gasteiger partial charge < -0.3 is 0 Å². The molecular formula is C9H12O6P2+2. The van der Waals surface area contributed by atoms with Crippen LogP contribution < -0.4 is 0 Å². The molecule has 0 saturated heterocycles. The Morgan fingerprint density at radius 1 is 0.941 bits per heavy atom. The second-order valence-electron chi connectivity index (χ2n) is 2.81. The van der Waals surface area contributed by atoms with E-state index in [9.17, 15) is 0 Å². The van der Waals surface area contributed by atoms with Gasteiger partial charge in [0.05, 0.1) is 0 Å². The van der Waals surface area contributed by atoms with Crippen LogP contribution in [0.25, 0.3) is 6.08 Å². The maximum absolute atomic E-state index is 8.70. The Kier molecular flexibility index (Phi) is 8.54. The van der Waals surface area contributed by atoms with Crippen LogP contribution in [0.2, 0.25) is 0 Å². The lowest BCUT2D eigenvalue weighted by Crippen LogP contribution is -1.76. The molecule has 0 saturated carbocycles. The molecule has 1 aliphatic carbocycles. The minimum absolute atomic E-state index is 1.12. The molecule has 6 nitrogen and oxygen atoms in total. The molecule has 0 unspecified atom stereocenters. The van der Waals surface area contributed by atoms with Gasteiger partial charge in [0.15, 0.2) is 0 Å². The summed E-state index contributed by atoms with van der Waals surface area (Å²) in [5.74, 6) is 0. The molecule has 4 N–H and O–H groups in total. The lowest BCUT2D eigenvalue weighted by atomic mass is 10.1. The number of hydrogen-bond donors (Lipinski definition) is 4. The van der Waals surface area contributed by atoms with Crippen molar-refractivity contribution in [3.8, 4) is 0 Å². The smallest absolute Gasteiger partial charge is 0.134 e. The SMILES string of the molecule is C1=Cc2ccccc2C1.O=[P+](O)O.O=[P+](O)O. The highest BCUT2D eigenvalue weighted by Crippen LogP contribution is 2.17. The molecular weight excluding hydrogens is 266 g/mol. The van der Waals surface area contributed by atoms with Gasteiger partial charge in [-0.25, -0.2) is 0 Å². The van der Waals surface area contributed by atoms with E-state index in [0.29, 0.717) is 0 Å². The number of allylic oxidation sites excluding steroid dienone is 1. The van der Waals surface area contributed by atoms with Crippen LogP contribution in [0.4, 0.5) is 0 Å². The minimum Gasteiger partial charge on any atom is -0.134 e. The molecule has 1 aliphatic rings. The Morgan fingerprint density at radius 2 is 1.41 bits per heavy atom. The molecule has 92 valence electrons. The maximum atomic E-state index is 8.70. The molecule has 0 radical (unpaired) electrons. The van der Waals surface area contributed by atoms with Crippen LogP contribution in [0.1, 0.15) is 11.1 Å². The fraction of sp³-hybridized carbons (Fsp3) is 0.111. The molecule has 2 rings (SSSR count). The third-order valence-corrected chi connectivity index (χ3v) is 1.69. The third kappa shape index (κ3) is 9.90. The Hall–Kier alpha value is -1.00. The Morgan fingerprint density at radius 3 is 1.88 bits per heavy atom. The van der Waals surface area contributed by atoms with Crippen molar-refractivity contribution in [1.29, 1.82) is 0 Å². The van der Waals surface area contributed by atoms with Crippen LogP contribution in [0.5, 0.6) is 0 Å². The third-order valence-electron chi connectivity index (χ3n) is 1.69. The molecule has 0 spiro atoms. The molecule has 1 aromatic carbocycles. The van der Waals surface area contributed by atoms with E-state index in [1.165, 1.54) is 11.1 Å². The number of benzene rings is 1. The average Bonchev–Trinajstić information content (AvgIpc) is 2.62. The van der Waals surface area contributed by atoms with E-state index in [0.717, 1.165) is 6.42 Å². The monoisotopic (exact) mass is 278 g/mol. The maximum Gasteiger partial charge on any atom is 0.692 e. The van der Waals surface area contributed by atoms with Gasteiger partial charge in [0, 0.05) is 9.13 Å². The predicted molar refractivity (Wildman–Crippen MR) is 63.3 cm³/mol. The van der Waals surface area contributed by atoms with Gasteiger partial charge in [-0.3, -0.25) is 0 Å². The van der Waals surface area contributed by atoms with Crippen LogP contribution in [0.15, 0.2) is 30.3 Å². The van der Waals surface area contributed by atoms with Crippen molar-refractivity contribution in [2.24, 2.45) is 0 Å². The van der Waals surface area contributed by atoms with Gasteiger partial charge in [0.2, 0.25) is 0 Å². The highest BCUT2D eigenvalue weighted by atomic mass is 31.1. The Labute approximate surface area is 99.8 Å². The molecule has 8 heteroatoms. The van der Waals surface area contributed by atoms with E-state index in [-0.39, 0.29) is 0 Å². The second-order valence-corrected chi connectivity index (χ2v) is 3.82. The van der Waals surface area contributed by atoms with E-state index < -0.39 is 16.5 Å². The molecule has 17 heavy (non-hydrogen) atoms. The largest absolute Gasteiger partial charge is 0.692 e. The van der Waals surface area contributed by atoms with Crippen molar-refractivity contribution in [2.45, 2.75) is 6.42 Å². The van der Waals surface area contributed by atoms with E-state index in [1.807, 2.05) is 0 Å². The summed E-state index contributed by atoms with van der Waals surface area (Å²) in [6, 6.07) is 8.49. The van der Waals surface area contributed by atoms with Gasteiger partial charge >= 0.3 is 16.5 Å². The minimum atomic E-state index is -2.87. The number of fused-ring (bicyclic) bond motifs is 1. The summed E-state index contributed by atoms with van der Waals surface area (Å²) in [4.78, 5) is 28.5. The fourth-order valence-corrected chi connectivity index (χ4v) is 1.20. The van der Waals surface area contributed by atoms with Gasteiger partial charge in [-0.2, -0.15) is 0 Å². The van der Waals surface area contributed by atoms with Crippen LogP contribution in [0, 0.1) is 0 Å². The zero-order chi connectivity index (χ0) is 13.3. The lowest BCUT2D eigenvalue weighted by molar-refractivity contribution is 0.403. The van der Waals surface area contributed by atoms with Crippen LogP contribution in [-0.2, 0) is 15.6 Å². The van der Waals surface area contributed by atoms with Crippen molar-refractivity contribution in [3.63, 3.8) is 0 Å². The van der Waals surface area contributed by atoms with E-state index in [2.05, 4.69) is 36.4 Å². The van der Waals surface area contributed by atoms with Crippen molar-refractivity contribution in [3.05, 3.63) is 41.5 Å². The molecule has 0 aromatic heterocycles. The molecule has 0 bridgehead atoms. The average molecular weight is 278 g/mol. The van der Waals surface area contributed by atoms with E-state index >= 15 is 0 Å². The molecule has 0 aliphatic heterocycles. The molecule has 0 fully saturated rings. The highest BCUT2D eigenvalue weighted by molar-refractivity contribution is 7.31. The zero-order valence-corrected chi connectivity index (χ0v) is 10.5. The van der Waals surface area contributed by atoms with Gasteiger partial charge in [-0.1, -0.05) is 36.4 Å². The predicted octanol–water partition coefficient (Wildman–Crippen LogP) is 1.51. The van der Waals surface area contributed by atoms with Crippen LogP contribution >= 0.6 is 16.5 Å². The summed E-state index contributed by atoms with van der Waals surface area (Å²) in [5.41, 5.74) is 2.84. The normalized spacial score (nSPS) is 10.4. The molecule has 0 heterocycles. The summed E-state index contributed by atoms with van der Waals surface area (Å²) in [5, 5.41) is 0. The Bertz CT molecular complexity index is 398. The van der Waals surface area contributed by atoms with Crippen LogP contribution in [0.3, 0.4) is 0 Å². The summed E-state index contributed by atoms with van der Waals surface area (Å²) in [6.45, 7) is 0. The van der Waals surface area contributed by atoms with Gasteiger partial charge in [-0.05, 0) is 17.5 Å². The first kappa shape index (κ1) is 16.0. The summed E-state index contributed by atoms with van der Waals surface area (Å²) in [6.07, 6.45) is 5.50. The molecule has 0 amide bonds. The van der Waals surface area contributed by atoms with Gasteiger partial charge in [0.1, 0.15) is 0 Å². The standard InChI is InChI=1S/C9H8.2HO3P/c1-2-5-9-7-3-6-8(9)4-1;2*1-4(2)3/h1-6H,7H2;2*(H-,1,2,3)/p+2. The van der Waals surface area contributed by atoms with E-state index in [4.69, 9.17) is 28.7 Å². The van der Waals surface area contributed by atoms with Gasteiger partial charge in [0.25, 0.3) is 0 Å². The fourth-order valence-electron chi connectivity index (χ4n) is 1.20. The van der Waals surface area contributed by atoms with Crippen LogP contribution in [-0.4, -0.2) is 19.6 Å². The summed E-state index contributed by atoms with van der Waals surface area (Å²) < 4.78 is 17.4. The van der Waals surface area contributed by atoms with Crippen molar-refractivity contribution in [1.82, 2.24) is 0 Å². The van der Waals surface area contributed by atoms with Crippen molar-refractivity contribution in [2.75, 3.05) is 0 Å². The summed E-state index contributed by atoms with van der Waals surface area (Å²) in [7, 11) is -5.74. The Balaban J connectivity index is 0.000000274. The number of hydrogen-bond acceptors (Lipinski definition) is 2. The highest BCUT2D eigenvalue weighted by Gasteiger charge is 2.00. The first-order valence-electron chi connectivity index (χ1n) is 4.38. The zero-order valence-electron chi connectivity index (χ0n) is 8.67. The van der Waals surface area contributed by atoms with Crippen molar-refractivity contribution < 1.29 is 28.7 Å². The quantitative estimate of drug-likeness (QED) is 0.535. The van der Waals surface area contributed by atoms with E-state index in [1.54, 1.807) is 0 Å². The molecule has 1 aromatic rings. The molecule has 0 atom stereocenters. The number of rotatable bonds is 0. The second kappa shape index (κ2) is 9.07. The first-order chi connectivity index (χ1) is 7.93. The summed E-state index contributed by atoms with van der Waals surface area (Å²) >= 11 is 0. The van der Waals surface area contributed by atoms with Crippen molar-refractivity contribution >= 4 is 22.6 Å². The first-order valence-corrected chi connectivity index (χ1v) is 6.71.